The van der Waals surface area contributed by atoms with E-state index in [4.69, 9.17) is 4.74 Å². The third-order valence-corrected chi connectivity index (χ3v) is 4.14. The summed E-state index contributed by atoms with van der Waals surface area (Å²) in [4.78, 5) is 13.8. The summed E-state index contributed by atoms with van der Waals surface area (Å²) in [5.41, 5.74) is 0. The van der Waals surface area contributed by atoms with Crippen molar-refractivity contribution in [1.82, 2.24) is 4.90 Å². The molecule has 2 fully saturated rings. The second kappa shape index (κ2) is 4.34. The molecule has 1 aliphatic carbocycles. The van der Waals surface area contributed by atoms with Gasteiger partial charge in [0.1, 0.15) is 0 Å². The molecule has 2 rings (SSSR count). The first-order valence-corrected chi connectivity index (χ1v) is 6.09. The van der Waals surface area contributed by atoms with Gasteiger partial charge in [0, 0.05) is 12.1 Å². The van der Waals surface area contributed by atoms with E-state index >= 15 is 0 Å². The maximum Gasteiger partial charge on any atom is 0.312 e. The third kappa shape index (κ3) is 1.74. The fourth-order valence-corrected chi connectivity index (χ4v) is 3.38. The van der Waals surface area contributed by atoms with Crippen molar-refractivity contribution in [3.63, 3.8) is 0 Å². The lowest BCUT2D eigenvalue weighted by Crippen LogP contribution is -2.41. The van der Waals surface area contributed by atoms with Crippen LogP contribution in [-0.2, 0) is 9.53 Å². The Kier molecular flexibility index (Phi) is 3.22. The van der Waals surface area contributed by atoms with Crippen LogP contribution in [0.25, 0.3) is 0 Å². The smallest absolute Gasteiger partial charge is 0.312 e. The number of hydrogen-bond donors (Lipinski definition) is 1. The molecule has 0 bridgehead atoms. The van der Waals surface area contributed by atoms with Gasteiger partial charge in [-0.05, 0) is 25.8 Å². The van der Waals surface area contributed by atoms with Gasteiger partial charge in [0.05, 0.1) is 19.1 Å². The Morgan fingerprint density at radius 1 is 1.50 bits per heavy atom. The Morgan fingerprint density at radius 2 is 2.19 bits per heavy atom. The number of fused-ring (bicyclic) bond motifs is 1. The number of nitrogens with zero attached hydrogens (tertiary/aromatic N) is 1. The molecule has 0 aromatic carbocycles. The number of aliphatic hydroxyl groups excluding tert-OH is 1. The molecule has 4 unspecified atom stereocenters. The van der Waals surface area contributed by atoms with Crippen molar-refractivity contribution in [1.29, 1.82) is 0 Å². The highest BCUT2D eigenvalue weighted by Crippen LogP contribution is 2.47. The Morgan fingerprint density at radius 3 is 2.75 bits per heavy atom. The van der Waals surface area contributed by atoms with E-state index in [1.165, 1.54) is 7.11 Å². The quantitative estimate of drug-likeness (QED) is 0.568. The van der Waals surface area contributed by atoms with Crippen molar-refractivity contribution in [2.45, 2.75) is 44.4 Å². The molecular formula is C12H21NO3. The molecule has 0 radical (unpaired) electrons. The summed E-state index contributed by atoms with van der Waals surface area (Å²) in [6, 6.07) is 0.681. The number of ether oxygens (including phenoxy) is 1. The molecule has 16 heavy (non-hydrogen) atoms. The first-order valence-electron chi connectivity index (χ1n) is 6.09. The van der Waals surface area contributed by atoms with Crippen LogP contribution in [0.15, 0.2) is 0 Å². The van der Waals surface area contributed by atoms with Crippen LogP contribution in [0.1, 0.15) is 26.2 Å². The molecule has 1 heterocycles. The van der Waals surface area contributed by atoms with E-state index in [1.54, 1.807) is 0 Å². The van der Waals surface area contributed by atoms with Gasteiger partial charge in [-0.2, -0.15) is 0 Å². The summed E-state index contributed by atoms with van der Waals surface area (Å²) < 4.78 is 4.78. The molecule has 4 nitrogen and oxygen atoms in total. The normalized spacial score (nSPS) is 46.0. The number of carbonyl (C=O) groups is 1. The first kappa shape index (κ1) is 11.9. The lowest BCUT2D eigenvalue weighted by molar-refractivity contribution is -0.151. The van der Waals surface area contributed by atoms with Gasteiger partial charge in [-0.3, -0.25) is 9.69 Å². The van der Waals surface area contributed by atoms with E-state index in [2.05, 4.69) is 11.8 Å². The largest absolute Gasteiger partial charge is 0.469 e. The fourth-order valence-electron chi connectivity index (χ4n) is 3.38. The van der Waals surface area contributed by atoms with Crippen LogP contribution in [-0.4, -0.2) is 48.3 Å². The molecule has 0 spiro atoms. The molecule has 0 aromatic heterocycles. The number of methoxy groups -OCH3 is 1. The van der Waals surface area contributed by atoms with Gasteiger partial charge in [0.15, 0.2) is 0 Å². The number of esters is 1. The second-order valence-electron chi connectivity index (χ2n) is 5.05. The second-order valence-corrected chi connectivity index (χ2v) is 5.05. The highest BCUT2D eigenvalue weighted by atomic mass is 16.5. The number of aliphatic hydroxyl groups is 1. The molecule has 92 valence electrons. The van der Waals surface area contributed by atoms with E-state index in [9.17, 15) is 9.90 Å². The Bertz CT molecular complexity index is 281. The summed E-state index contributed by atoms with van der Waals surface area (Å²) in [5, 5.41) is 10.1. The maximum absolute atomic E-state index is 11.6. The molecule has 1 aliphatic heterocycles. The van der Waals surface area contributed by atoms with Gasteiger partial charge < -0.3 is 9.84 Å². The van der Waals surface area contributed by atoms with Gasteiger partial charge >= 0.3 is 5.97 Å². The van der Waals surface area contributed by atoms with Crippen LogP contribution < -0.4 is 0 Å². The van der Waals surface area contributed by atoms with E-state index in [-0.39, 0.29) is 17.9 Å². The molecule has 1 N–H and O–H groups in total. The van der Waals surface area contributed by atoms with E-state index < -0.39 is 6.10 Å². The Balaban J connectivity index is 2.08. The highest BCUT2D eigenvalue weighted by molar-refractivity contribution is 5.75. The molecular weight excluding hydrogens is 206 g/mol. The molecule has 4 heteroatoms. The lowest BCUT2D eigenvalue weighted by Gasteiger charge is -2.29. The summed E-state index contributed by atoms with van der Waals surface area (Å²) in [5.74, 6) is -0.0641. The van der Waals surface area contributed by atoms with Crippen molar-refractivity contribution < 1.29 is 14.6 Å². The van der Waals surface area contributed by atoms with E-state index in [0.29, 0.717) is 12.0 Å². The highest BCUT2D eigenvalue weighted by Gasteiger charge is 2.60. The lowest BCUT2D eigenvalue weighted by atomic mass is 9.78. The minimum absolute atomic E-state index is 0.202. The first-order chi connectivity index (χ1) is 7.61. The van der Waals surface area contributed by atoms with Crippen LogP contribution in [0.3, 0.4) is 0 Å². The number of likely N-dealkylation sites (N-methyl/N-ethyl adjacent to an activating group) is 1. The zero-order valence-corrected chi connectivity index (χ0v) is 10.2. The van der Waals surface area contributed by atoms with Crippen molar-refractivity contribution in [2.24, 2.45) is 11.8 Å². The van der Waals surface area contributed by atoms with Crippen LogP contribution in [0, 0.1) is 11.8 Å². The number of rotatable bonds is 3. The van der Waals surface area contributed by atoms with Gasteiger partial charge in [0.2, 0.25) is 0 Å². The minimum atomic E-state index is -0.532. The Labute approximate surface area is 96.6 Å². The maximum atomic E-state index is 11.6. The molecule has 1 saturated carbocycles. The van der Waals surface area contributed by atoms with Crippen LogP contribution in [0.2, 0.25) is 0 Å². The fraction of sp³-hybridized carbons (Fsp3) is 0.917. The number of likely N-dealkylation sites (tertiary alicyclic amines) is 1. The molecule has 1 saturated heterocycles. The monoisotopic (exact) mass is 227 g/mol. The third-order valence-electron chi connectivity index (χ3n) is 4.14. The van der Waals surface area contributed by atoms with Crippen LogP contribution in [0.5, 0.6) is 0 Å². The zero-order chi connectivity index (χ0) is 11.9. The minimum Gasteiger partial charge on any atom is -0.469 e. The van der Waals surface area contributed by atoms with Crippen molar-refractivity contribution in [2.75, 3.05) is 14.2 Å². The summed E-state index contributed by atoms with van der Waals surface area (Å²) in [6.07, 6.45) is 2.47. The molecule has 0 amide bonds. The summed E-state index contributed by atoms with van der Waals surface area (Å²) >= 11 is 0. The van der Waals surface area contributed by atoms with Crippen LogP contribution >= 0.6 is 0 Å². The van der Waals surface area contributed by atoms with Gasteiger partial charge in [-0.15, -0.1) is 0 Å². The summed E-state index contributed by atoms with van der Waals surface area (Å²) in [6.45, 7) is 2.16. The van der Waals surface area contributed by atoms with Crippen LogP contribution in [0.4, 0.5) is 0 Å². The van der Waals surface area contributed by atoms with Gasteiger partial charge in [-0.25, -0.2) is 0 Å². The van der Waals surface area contributed by atoms with E-state index in [0.717, 1.165) is 19.3 Å². The standard InChI is InChI=1S/C12H21NO3/c1-4-5-7-6-8(14)9(12(15)16-3)11-10(7)13(11)2/h7-11,14H,4-6H2,1-3H3/t7?,8-,9-,10?,11?,13?/m0/s1. The van der Waals surface area contributed by atoms with Crippen molar-refractivity contribution in [3.05, 3.63) is 0 Å². The van der Waals surface area contributed by atoms with Crippen molar-refractivity contribution in [3.8, 4) is 0 Å². The average Bonchev–Trinajstić information content (AvgIpc) is 2.90. The molecule has 0 aromatic rings. The predicted molar refractivity (Wildman–Crippen MR) is 59.9 cm³/mol. The average molecular weight is 227 g/mol. The number of hydrogen-bond acceptors (Lipinski definition) is 4. The summed E-state index contributed by atoms with van der Waals surface area (Å²) in [7, 11) is 3.43. The SMILES string of the molecule is CCCC1C[C@H](O)[C@H](C(=O)OC)C2C1N2C. The zero-order valence-electron chi connectivity index (χ0n) is 10.2. The van der Waals surface area contributed by atoms with Gasteiger partial charge in [-0.1, -0.05) is 13.3 Å². The van der Waals surface area contributed by atoms with Crippen molar-refractivity contribution >= 4 is 5.97 Å². The predicted octanol–water partition coefficient (Wildman–Crippen LogP) is 0.639. The van der Waals surface area contributed by atoms with E-state index in [1.807, 2.05) is 7.05 Å². The Hall–Kier alpha value is -0.610. The number of carbonyl (C=O) groups excluding carboxylic acids is 1. The molecule has 6 atom stereocenters. The van der Waals surface area contributed by atoms with Gasteiger partial charge in [0.25, 0.3) is 0 Å². The topological polar surface area (TPSA) is 49.5 Å². The molecule has 2 aliphatic rings.